The third kappa shape index (κ3) is 10.5. The minimum atomic E-state index is 0.425. The summed E-state index contributed by atoms with van der Waals surface area (Å²) in [6, 6.07) is 17.2. The van der Waals surface area contributed by atoms with Crippen molar-refractivity contribution in [3.63, 3.8) is 0 Å². The smallest absolute Gasteiger partial charge is 0.0198 e. The van der Waals surface area contributed by atoms with Gasteiger partial charge in [0.15, 0.2) is 0 Å². The van der Waals surface area contributed by atoms with E-state index in [9.17, 15) is 0 Å². The minimum Gasteiger partial charge on any atom is -0.174 e. The molecule has 0 N–H and O–H groups in total. The SMILES string of the molecule is C=Cc1ccc(CSCC(S)CSCC(S)CSCc2ccc(C=C)cc2)cc1. The lowest BCUT2D eigenvalue weighted by Crippen LogP contribution is -2.11. The second kappa shape index (κ2) is 14.6. The van der Waals surface area contributed by atoms with Crippen molar-refractivity contribution in [2.24, 2.45) is 0 Å². The summed E-state index contributed by atoms with van der Waals surface area (Å²) in [5.74, 6) is 6.39. The first-order valence-electron chi connectivity index (χ1n) is 9.63. The van der Waals surface area contributed by atoms with Crippen LogP contribution in [0.2, 0.25) is 0 Å². The summed E-state index contributed by atoms with van der Waals surface area (Å²) in [6.45, 7) is 7.59. The highest BCUT2D eigenvalue weighted by atomic mass is 32.2. The molecule has 0 saturated heterocycles. The van der Waals surface area contributed by atoms with E-state index in [1.54, 1.807) is 0 Å². The molecule has 2 aromatic carbocycles. The zero-order valence-electron chi connectivity index (χ0n) is 16.7. The average molecular weight is 479 g/mol. The standard InChI is InChI=1S/C24H30S5/c1-3-19-5-9-21(10-6-19)13-27-15-23(25)17-29-18-24(26)16-28-14-22-11-7-20(4-2)8-12-22/h3-12,23-26H,1-2,13-18H2. The molecule has 2 aromatic rings. The van der Waals surface area contributed by atoms with Crippen molar-refractivity contribution in [3.8, 4) is 0 Å². The summed E-state index contributed by atoms with van der Waals surface area (Å²) in [5, 5.41) is 0.850. The molecule has 0 spiro atoms. The van der Waals surface area contributed by atoms with Gasteiger partial charge in [-0.1, -0.05) is 73.8 Å². The molecule has 2 unspecified atom stereocenters. The maximum atomic E-state index is 4.75. The van der Waals surface area contributed by atoms with Crippen LogP contribution in [0, 0.1) is 0 Å². The summed E-state index contributed by atoms with van der Waals surface area (Å²) < 4.78 is 0. The van der Waals surface area contributed by atoms with E-state index in [1.807, 2.05) is 47.4 Å². The Morgan fingerprint density at radius 2 is 0.966 bits per heavy atom. The molecule has 0 bridgehead atoms. The molecule has 0 radical (unpaired) electrons. The highest BCUT2D eigenvalue weighted by Crippen LogP contribution is 2.22. The number of hydrogen-bond donors (Lipinski definition) is 2. The molecule has 0 aliphatic rings. The predicted octanol–water partition coefficient (Wildman–Crippen LogP) is 7.47. The fourth-order valence-electron chi connectivity index (χ4n) is 2.56. The van der Waals surface area contributed by atoms with Gasteiger partial charge in [0.05, 0.1) is 0 Å². The zero-order chi connectivity index (χ0) is 20.9. The van der Waals surface area contributed by atoms with Crippen LogP contribution in [-0.4, -0.2) is 33.5 Å². The fourth-order valence-corrected chi connectivity index (χ4v) is 6.91. The van der Waals surface area contributed by atoms with Crippen molar-refractivity contribution in [2.75, 3.05) is 23.0 Å². The number of hydrogen-bond acceptors (Lipinski definition) is 5. The molecule has 0 amide bonds. The zero-order valence-corrected chi connectivity index (χ0v) is 20.9. The first kappa shape index (κ1) is 24.9. The molecular weight excluding hydrogens is 449 g/mol. The second-order valence-corrected chi connectivity index (χ2v) is 11.4. The quantitative estimate of drug-likeness (QED) is 0.270. The molecule has 156 valence electrons. The van der Waals surface area contributed by atoms with E-state index in [0.717, 1.165) is 34.5 Å². The van der Waals surface area contributed by atoms with Crippen molar-refractivity contribution in [1.29, 1.82) is 0 Å². The van der Waals surface area contributed by atoms with Crippen molar-refractivity contribution in [2.45, 2.75) is 22.0 Å². The van der Waals surface area contributed by atoms with E-state index in [4.69, 9.17) is 25.3 Å². The largest absolute Gasteiger partial charge is 0.174 e. The predicted molar refractivity (Wildman–Crippen MR) is 148 cm³/mol. The first-order valence-corrected chi connectivity index (χ1v) is 14.1. The molecule has 0 saturated carbocycles. The summed E-state index contributed by atoms with van der Waals surface area (Å²) in [4.78, 5) is 0. The van der Waals surface area contributed by atoms with Crippen LogP contribution in [0.4, 0.5) is 0 Å². The van der Waals surface area contributed by atoms with E-state index < -0.39 is 0 Å². The summed E-state index contributed by atoms with van der Waals surface area (Å²) in [7, 11) is 0. The molecule has 0 aliphatic heterocycles. The summed E-state index contributed by atoms with van der Waals surface area (Å²) >= 11 is 15.4. The third-order valence-corrected chi connectivity index (χ3v) is 9.55. The van der Waals surface area contributed by atoms with E-state index >= 15 is 0 Å². The first-order chi connectivity index (χ1) is 14.1. The molecule has 0 nitrogen and oxygen atoms in total. The van der Waals surface area contributed by atoms with Gasteiger partial charge in [0, 0.05) is 45.0 Å². The van der Waals surface area contributed by atoms with Gasteiger partial charge in [-0.2, -0.15) is 60.5 Å². The Bertz CT molecular complexity index is 660. The van der Waals surface area contributed by atoms with Crippen molar-refractivity contribution in [3.05, 3.63) is 83.9 Å². The average Bonchev–Trinajstić information content (AvgIpc) is 2.75. The van der Waals surface area contributed by atoms with E-state index in [2.05, 4.69) is 61.7 Å². The molecule has 0 aromatic heterocycles. The highest BCUT2D eigenvalue weighted by Gasteiger charge is 2.08. The maximum absolute atomic E-state index is 4.75. The van der Waals surface area contributed by atoms with Gasteiger partial charge < -0.3 is 0 Å². The van der Waals surface area contributed by atoms with Gasteiger partial charge in [-0.25, -0.2) is 0 Å². The lowest BCUT2D eigenvalue weighted by Gasteiger charge is -2.13. The van der Waals surface area contributed by atoms with Crippen molar-refractivity contribution < 1.29 is 0 Å². The van der Waals surface area contributed by atoms with Crippen LogP contribution in [0.1, 0.15) is 22.3 Å². The van der Waals surface area contributed by atoms with E-state index in [1.165, 1.54) is 22.3 Å². The lowest BCUT2D eigenvalue weighted by molar-refractivity contribution is 1.12. The third-order valence-electron chi connectivity index (χ3n) is 4.21. The van der Waals surface area contributed by atoms with Crippen LogP contribution in [0.5, 0.6) is 0 Å². The van der Waals surface area contributed by atoms with Gasteiger partial charge >= 0.3 is 0 Å². The van der Waals surface area contributed by atoms with Crippen LogP contribution in [-0.2, 0) is 11.5 Å². The van der Waals surface area contributed by atoms with Gasteiger partial charge in [-0.15, -0.1) is 0 Å². The Labute approximate surface area is 200 Å². The molecule has 0 aliphatic carbocycles. The second-order valence-electron chi connectivity index (χ2n) is 6.77. The Hall–Kier alpha value is -0.330. The van der Waals surface area contributed by atoms with Crippen LogP contribution in [0.15, 0.2) is 61.7 Å². The Balaban J connectivity index is 1.52. The Morgan fingerprint density at radius 1 is 0.621 bits per heavy atom. The highest BCUT2D eigenvalue weighted by molar-refractivity contribution is 8.02. The molecule has 2 atom stereocenters. The number of rotatable bonds is 14. The number of benzene rings is 2. The van der Waals surface area contributed by atoms with Gasteiger partial charge in [0.2, 0.25) is 0 Å². The van der Waals surface area contributed by atoms with Gasteiger partial charge in [0.25, 0.3) is 0 Å². The fraction of sp³-hybridized carbons (Fsp3) is 0.333. The van der Waals surface area contributed by atoms with Gasteiger partial charge in [-0.3, -0.25) is 0 Å². The molecule has 29 heavy (non-hydrogen) atoms. The van der Waals surface area contributed by atoms with E-state index in [-0.39, 0.29) is 0 Å². The van der Waals surface area contributed by atoms with E-state index in [0.29, 0.717) is 10.5 Å². The number of thioether (sulfide) groups is 3. The maximum Gasteiger partial charge on any atom is 0.0198 e. The Kier molecular flexibility index (Phi) is 12.6. The van der Waals surface area contributed by atoms with Gasteiger partial charge in [-0.05, 0) is 22.3 Å². The monoisotopic (exact) mass is 478 g/mol. The van der Waals surface area contributed by atoms with Crippen LogP contribution < -0.4 is 0 Å². The molecule has 5 heteroatoms. The van der Waals surface area contributed by atoms with Crippen molar-refractivity contribution in [1.82, 2.24) is 0 Å². The van der Waals surface area contributed by atoms with Crippen LogP contribution in [0.3, 0.4) is 0 Å². The summed E-state index contributed by atoms with van der Waals surface area (Å²) in [5.41, 5.74) is 5.07. The van der Waals surface area contributed by atoms with Crippen molar-refractivity contribution >= 4 is 72.7 Å². The van der Waals surface area contributed by atoms with Crippen LogP contribution >= 0.6 is 60.5 Å². The Morgan fingerprint density at radius 3 is 1.31 bits per heavy atom. The topological polar surface area (TPSA) is 0 Å². The lowest BCUT2D eigenvalue weighted by atomic mass is 10.1. The number of thiol groups is 2. The molecule has 2 rings (SSSR count). The summed E-state index contributed by atoms with van der Waals surface area (Å²) in [6.07, 6.45) is 3.76. The van der Waals surface area contributed by atoms with Crippen LogP contribution in [0.25, 0.3) is 12.2 Å². The van der Waals surface area contributed by atoms with Gasteiger partial charge in [0.1, 0.15) is 0 Å². The normalized spacial score (nSPS) is 13.0. The molecule has 0 heterocycles. The molecular formula is C24H30S5. The molecule has 0 fully saturated rings. The minimum absolute atomic E-state index is 0.425.